The lowest BCUT2D eigenvalue weighted by molar-refractivity contribution is -0.121. The molecule has 5 heteroatoms. The third-order valence-corrected chi connectivity index (χ3v) is 3.23. The molecule has 98 valence electrons. The summed E-state index contributed by atoms with van der Waals surface area (Å²) in [5.74, 6) is -0.362. The van der Waals surface area contributed by atoms with Gasteiger partial charge in [-0.3, -0.25) is 4.79 Å². The van der Waals surface area contributed by atoms with E-state index < -0.39 is 6.04 Å². The number of anilines is 1. The molecule has 0 saturated carbocycles. The summed E-state index contributed by atoms with van der Waals surface area (Å²) >= 11 is 0. The Bertz CT molecular complexity index is 448. The van der Waals surface area contributed by atoms with E-state index in [1.54, 1.807) is 0 Å². The van der Waals surface area contributed by atoms with Crippen LogP contribution in [0.5, 0.6) is 0 Å². The highest BCUT2D eigenvalue weighted by atomic mass is 16.5. The van der Waals surface area contributed by atoms with Crippen molar-refractivity contribution in [1.29, 1.82) is 0 Å². The molecule has 1 heterocycles. The molecule has 1 unspecified atom stereocenters. The first-order valence-corrected chi connectivity index (χ1v) is 6.06. The van der Waals surface area contributed by atoms with Crippen LogP contribution in [-0.4, -0.2) is 31.7 Å². The molecule has 0 spiro atoms. The molecule has 0 aromatic heterocycles. The largest absolute Gasteiger partial charge is 0.377 e. The van der Waals surface area contributed by atoms with Crippen LogP contribution in [0, 0.1) is 6.92 Å². The number of rotatable bonds is 3. The molecule has 1 fully saturated rings. The Morgan fingerprint density at radius 1 is 1.56 bits per heavy atom. The van der Waals surface area contributed by atoms with Crippen molar-refractivity contribution >= 4 is 11.6 Å². The molecule has 5 nitrogen and oxygen atoms in total. The number of hydrogen-bond acceptors (Lipinski definition) is 4. The minimum absolute atomic E-state index is 0.341. The summed E-state index contributed by atoms with van der Waals surface area (Å²) in [4.78, 5) is 13.5. The Morgan fingerprint density at radius 3 is 3.00 bits per heavy atom. The van der Waals surface area contributed by atoms with Crippen LogP contribution in [-0.2, 0) is 16.1 Å². The van der Waals surface area contributed by atoms with Gasteiger partial charge in [0.1, 0.15) is 6.04 Å². The third kappa shape index (κ3) is 2.47. The maximum Gasteiger partial charge on any atom is 0.242 e. The molecular weight excluding hydrogens is 230 g/mol. The zero-order chi connectivity index (χ0) is 13.1. The van der Waals surface area contributed by atoms with E-state index in [4.69, 9.17) is 16.2 Å². The second-order valence-corrected chi connectivity index (χ2v) is 4.52. The van der Waals surface area contributed by atoms with E-state index in [0.717, 1.165) is 16.8 Å². The zero-order valence-corrected chi connectivity index (χ0v) is 10.6. The van der Waals surface area contributed by atoms with E-state index >= 15 is 0 Å². The number of amides is 1. The number of carbonyl (C=O) groups is 1. The number of hydrogen-bond donors (Lipinski definition) is 2. The van der Waals surface area contributed by atoms with Crippen LogP contribution in [0.1, 0.15) is 11.1 Å². The molecule has 1 aliphatic rings. The number of benzene rings is 1. The molecule has 0 aliphatic carbocycles. The van der Waals surface area contributed by atoms with Crippen molar-refractivity contribution in [1.82, 2.24) is 0 Å². The van der Waals surface area contributed by atoms with E-state index in [0.29, 0.717) is 26.3 Å². The fourth-order valence-corrected chi connectivity index (χ4v) is 2.24. The van der Waals surface area contributed by atoms with Gasteiger partial charge < -0.3 is 21.1 Å². The third-order valence-electron chi connectivity index (χ3n) is 3.23. The van der Waals surface area contributed by atoms with E-state index in [2.05, 4.69) is 0 Å². The van der Waals surface area contributed by atoms with Gasteiger partial charge in [0.2, 0.25) is 5.91 Å². The predicted molar refractivity (Wildman–Crippen MR) is 70.2 cm³/mol. The molecule has 4 N–H and O–H groups in total. The van der Waals surface area contributed by atoms with Crippen molar-refractivity contribution in [2.45, 2.75) is 19.5 Å². The molecule has 1 aromatic carbocycles. The highest BCUT2D eigenvalue weighted by Gasteiger charge is 2.28. The van der Waals surface area contributed by atoms with Crippen molar-refractivity contribution in [3.05, 3.63) is 29.3 Å². The maximum absolute atomic E-state index is 11.5. The number of primary amides is 1. The number of morpholine rings is 1. The smallest absolute Gasteiger partial charge is 0.242 e. The van der Waals surface area contributed by atoms with Crippen LogP contribution in [0.4, 0.5) is 5.69 Å². The summed E-state index contributed by atoms with van der Waals surface area (Å²) in [6, 6.07) is 5.65. The SMILES string of the molecule is Cc1ccc(CN)c(N2CCOCC2C(N)=O)c1. The zero-order valence-electron chi connectivity index (χ0n) is 10.6. The molecule has 0 bridgehead atoms. The maximum atomic E-state index is 11.5. The molecule has 18 heavy (non-hydrogen) atoms. The van der Waals surface area contributed by atoms with Gasteiger partial charge >= 0.3 is 0 Å². The highest BCUT2D eigenvalue weighted by Crippen LogP contribution is 2.25. The van der Waals surface area contributed by atoms with Gasteiger partial charge in [0, 0.05) is 18.8 Å². The molecule has 1 atom stereocenters. The first-order chi connectivity index (χ1) is 8.63. The average molecular weight is 249 g/mol. The fraction of sp³-hybridized carbons (Fsp3) is 0.462. The molecule has 1 saturated heterocycles. The Balaban J connectivity index is 2.38. The number of ether oxygens (including phenoxy) is 1. The minimum Gasteiger partial charge on any atom is -0.377 e. The van der Waals surface area contributed by atoms with Gasteiger partial charge in [0.25, 0.3) is 0 Å². The lowest BCUT2D eigenvalue weighted by Crippen LogP contribution is -2.53. The summed E-state index contributed by atoms with van der Waals surface area (Å²) in [5.41, 5.74) is 14.3. The van der Waals surface area contributed by atoms with Gasteiger partial charge in [-0.05, 0) is 24.1 Å². The summed E-state index contributed by atoms with van der Waals surface area (Å²) in [7, 11) is 0. The van der Waals surface area contributed by atoms with Crippen molar-refractivity contribution in [2.75, 3.05) is 24.7 Å². The van der Waals surface area contributed by atoms with Gasteiger partial charge in [0.05, 0.1) is 13.2 Å². The van der Waals surface area contributed by atoms with Crippen LogP contribution in [0.3, 0.4) is 0 Å². The molecular formula is C13H19N3O2. The first-order valence-electron chi connectivity index (χ1n) is 6.06. The quantitative estimate of drug-likeness (QED) is 0.798. The Hall–Kier alpha value is -1.59. The normalized spacial score (nSPS) is 19.9. The molecule has 1 amide bonds. The molecule has 0 radical (unpaired) electrons. The van der Waals surface area contributed by atoms with Crippen molar-refractivity contribution in [2.24, 2.45) is 11.5 Å². The summed E-state index contributed by atoms with van der Waals surface area (Å²) in [6.45, 7) is 4.06. The van der Waals surface area contributed by atoms with Crippen LogP contribution in [0.25, 0.3) is 0 Å². The van der Waals surface area contributed by atoms with Gasteiger partial charge in [0.15, 0.2) is 0 Å². The fourth-order valence-electron chi connectivity index (χ4n) is 2.24. The number of aryl methyl sites for hydroxylation is 1. The molecule has 1 aromatic rings. The van der Waals surface area contributed by atoms with E-state index in [1.165, 1.54) is 0 Å². The number of nitrogens with two attached hydrogens (primary N) is 2. The first kappa shape index (κ1) is 12.9. The average Bonchev–Trinajstić information content (AvgIpc) is 2.38. The van der Waals surface area contributed by atoms with Crippen LogP contribution in [0.15, 0.2) is 18.2 Å². The molecule has 1 aliphatic heterocycles. The van der Waals surface area contributed by atoms with Crippen molar-refractivity contribution in [3.63, 3.8) is 0 Å². The lowest BCUT2D eigenvalue weighted by atomic mass is 10.1. The Kier molecular flexibility index (Phi) is 3.84. The van der Waals surface area contributed by atoms with Gasteiger partial charge in [-0.25, -0.2) is 0 Å². The highest BCUT2D eigenvalue weighted by molar-refractivity contribution is 5.84. The van der Waals surface area contributed by atoms with E-state index in [-0.39, 0.29) is 5.91 Å². The second-order valence-electron chi connectivity index (χ2n) is 4.52. The Morgan fingerprint density at radius 2 is 2.33 bits per heavy atom. The Labute approximate surface area is 107 Å². The monoisotopic (exact) mass is 249 g/mol. The van der Waals surface area contributed by atoms with Crippen molar-refractivity contribution in [3.8, 4) is 0 Å². The molecule has 2 rings (SSSR count). The van der Waals surface area contributed by atoms with Crippen molar-refractivity contribution < 1.29 is 9.53 Å². The standard InChI is InChI=1S/C13H19N3O2/c1-9-2-3-10(7-14)11(6-9)16-4-5-18-8-12(16)13(15)17/h2-3,6,12H,4-5,7-8,14H2,1H3,(H2,15,17). The summed E-state index contributed by atoms with van der Waals surface area (Å²) < 4.78 is 5.33. The van der Waals surface area contributed by atoms with Crippen LogP contribution in [0.2, 0.25) is 0 Å². The summed E-state index contributed by atoms with van der Waals surface area (Å²) in [6.07, 6.45) is 0. The van der Waals surface area contributed by atoms with Gasteiger partial charge in [-0.1, -0.05) is 12.1 Å². The predicted octanol–water partition coefficient (Wildman–Crippen LogP) is 0.144. The number of nitrogens with zero attached hydrogens (tertiary/aromatic N) is 1. The van der Waals surface area contributed by atoms with Gasteiger partial charge in [-0.2, -0.15) is 0 Å². The second kappa shape index (κ2) is 5.37. The lowest BCUT2D eigenvalue weighted by Gasteiger charge is -2.36. The van der Waals surface area contributed by atoms with Crippen LogP contribution < -0.4 is 16.4 Å². The topological polar surface area (TPSA) is 81.6 Å². The van der Waals surface area contributed by atoms with E-state index in [9.17, 15) is 4.79 Å². The number of carbonyl (C=O) groups excluding carboxylic acids is 1. The van der Waals surface area contributed by atoms with Gasteiger partial charge in [-0.15, -0.1) is 0 Å². The minimum atomic E-state index is -0.411. The summed E-state index contributed by atoms with van der Waals surface area (Å²) in [5, 5.41) is 0. The van der Waals surface area contributed by atoms with E-state index in [1.807, 2.05) is 30.0 Å². The van der Waals surface area contributed by atoms with Crippen LogP contribution >= 0.6 is 0 Å².